The lowest BCUT2D eigenvalue weighted by molar-refractivity contribution is -0.118. The Morgan fingerprint density at radius 3 is 2.94 bits per heavy atom. The molecular weight excluding hydrogens is 235 g/mol. The zero-order valence-electron chi connectivity index (χ0n) is 10.3. The number of halogens is 1. The van der Waals surface area contributed by atoms with Crippen LogP contribution >= 0.6 is 0 Å². The van der Waals surface area contributed by atoms with Gasteiger partial charge in [0.1, 0.15) is 11.7 Å². The number of amidine groups is 1. The molecule has 0 saturated carbocycles. The van der Waals surface area contributed by atoms with Crippen molar-refractivity contribution in [3.05, 3.63) is 23.5 Å². The summed E-state index contributed by atoms with van der Waals surface area (Å²) in [7, 11) is 0. The van der Waals surface area contributed by atoms with Crippen LogP contribution in [0, 0.1) is 5.82 Å². The first kappa shape index (κ1) is 12.3. The normalized spacial score (nSPS) is 15.6. The highest BCUT2D eigenvalue weighted by Crippen LogP contribution is 2.31. The third-order valence-electron chi connectivity index (χ3n) is 2.67. The largest absolute Gasteiger partial charge is 0.374 e. The topological polar surface area (TPSA) is 65.5 Å². The van der Waals surface area contributed by atoms with Gasteiger partial charge in [0.15, 0.2) is 0 Å². The van der Waals surface area contributed by atoms with Crippen molar-refractivity contribution in [3.63, 3.8) is 0 Å². The van der Waals surface area contributed by atoms with Crippen LogP contribution in [0.2, 0.25) is 0 Å². The van der Waals surface area contributed by atoms with E-state index in [4.69, 9.17) is 0 Å². The van der Waals surface area contributed by atoms with Gasteiger partial charge in [-0.1, -0.05) is 13.0 Å². The lowest BCUT2D eigenvalue weighted by Crippen LogP contribution is -2.32. The van der Waals surface area contributed by atoms with Gasteiger partial charge in [0.2, 0.25) is 5.91 Å². The van der Waals surface area contributed by atoms with Crippen LogP contribution in [0.4, 0.5) is 15.8 Å². The maximum Gasteiger partial charge on any atom is 0.237 e. The molecule has 1 aliphatic rings. The smallest absolute Gasteiger partial charge is 0.237 e. The van der Waals surface area contributed by atoms with Crippen molar-refractivity contribution in [3.8, 4) is 0 Å². The fourth-order valence-electron chi connectivity index (χ4n) is 1.80. The predicted molar refractivity (Wildman–Crippen MR) is 69.1 cm³/mol. The summed E-state index contributed by atoms with van der Waals surface area (Å²) >= 11 is 0. The second-order valence-electron chi connectivity index (χ2n) is 4.02. The number of rotatable bonds is 2. The van der Waals surface area contributed by atoms with Crippen molar-refractivity contribution < 1.29 is 9.18 Å². The number of hydrogen-bond acceptors (Lipinski definition) is 3. The van der Waals surface area contributed by atoms with E-state index in [1.54, 1.807) is 6.07 Å². The molecule has 1 aromatic carbocycles. The van der Waals surface area contributed by atoms with E-state index >= 15 is 0 Å². The van der Waals surface area contributed by atoms with Crippen molar-refractivity contribution >= 4 is 23.1 Å². The molecule has 0 saturated heterocycles. The minimum Gasteiger partial charge on any atom is -0.374 e. The van der Waals surface area contributed by atoms with Crippen molar-refractivity contribution in [1.82, 2.24) is 5.43 Å². The molecule has 3 N–H and O–H groups in total. The van der Waals surface area contributed by atoms with Crippen LogP contribution in [-0.4, -0.2) is 18.3 Å². The molecule has 5 nitrogen and oxygen atoms in total. The molecule has 0 bridgehead atoms. The minimum absolute atomic E-state index is 0.245. The fourth-order valence-corrected chi connectivity index (χ4v) is 1.80. The highest BCUT2D eigenvalue weighted by atomic mass is 19.1. The van der Waals surface area contributed by atoms with E-state index in [1.165, 1.54) is 13.0 Å². The van der Waals surface area contributed by atoms with Crippen molar-refractivity contribution in [2.45, 2.75) is 20.3 Å². The first-order valence-corrected chi connectivity index (χ1v) is 5.77. The molecule has 0 fully saturated rings. The fraction of sp³-hybridized carbons (Fsp3) is 0.333. The molecule has 0 radical (unpaired) electrons. The Kier molecular flexibility index (Phi) is 3.45. The van der Waals surface area contributed by atoms with Gasteiger partial charge in [0.05, 0.1) is 17.9 Å². The number of fused-ring (bicyclic) bond motifs is 1. The molecule has 1 amide bonds. The summed E-state index contributed by atoms with van der Waals surface area (Å²) in [6.07, 6.45) is 0.782. The second kappa shape index (κ2) is 5.03. The van der Waals surface area contributed by atoms with Crippen LogP contribution in [0.15, 0.2) is 17.2 Å². The van der Waals surface area contributed by atoms with Gasteiger partial charge in [-0.25, -0.2) is 9.82 Å². The first-order chi connectivity index (χ1) is 8.61. The molecule has 0 spiro atoms. The number of hydrazone groups is 1. The van der Waals surface area contributed by atoms with Crippen LogP contribution in [0.25, 0.3) is 0 Å². The van der Waals surface area contributed by atoms with Crippen LogP contribution < -0.4 is 16.1 Å². The Morgan fingerprint density at radius 2 is 2.28 bits per heavy atom. The SMILES string of the molecule is CCc1ccc(F)c2c1N/C(=N\NC(C)=O)CN2. The highest BCUT2D eigenvalue weighted by molar-refractivity contribution is 6.05. The Labute approximate surface area is 104 Å². The van der Waals surface area contributed by atoms with Crippen LogP contribution in [0.5, 0.6) is 0 Å². The summed E-state index contributed by atoms with van der Waals surface area (Å²) in [4.78, 5) is 10.8. The monoisotopic (exact) mass is 250 g/mol. The lowest BCUT2D eigenvalue weighted by atomic mass is 10.1. The minimum atomic E-state index is -0.298. The maximum atomic E-state index is 13.6. The Balaban J connectivity index is 2.30. The molecule has 1 aliphatic heterocycles. The third kappa shape index (κ3) is 2.42. The maximum absolute atomic E-state index is 13.6. The third-order valence-corrected chi connectivity index (χ3v) is 2.67. The number of hydrogen-bond donors (Lipinski definition) is 3. The number of aryl methyl sites for hydroxylation is 1. The summed E-state index contributed by atoms with van der Waals surface area (Å²) in [5.74, 6) is 0.0105. The molecule has 1 aromatic rings. The van der Waals surface area contributed by atoms with Gasteiger partial charge < -0.3 is 10.6 Å². The Morgan fingerprint density at radius 1 is 1.50 bits per heavy atom. The highest BCUT2D eigenvalue weighted by Gasteiger charge is 2.19. The Hall–Kier alpha value is -2.11. The number of amides is 1. The number of anilines is 2. The van der Waals surface area contributed by atoms with E-state index in [0.717, 1.165) is 12.0 Å². The van der Waals surface area contributed by atoms with E-state index < -0.39 is 0 Å². The lowest BCUT2D eigenvalue weighted by Gasteiger charge is -2.24. The molecule has 0 aromatic heterocycles. The average Bonchev–Trinajstić information content (AvgIpc) is 2.37. The number of benzene rings is 1. The number of nitrogens with one attached hydrogen (secondary N) is 3. The van der Waals surface area contributed by atoms with Crippen LogP contribution in [0.3, 0.4) is 0 Å². The van der Waals surface area contributed by atoms with Gasteiger partial charge in [-0.2, -0.15) is 5.10 Å². The molecule has 2 rings (SSSR count). The van der Waals surface area contributed by atoms with E-state index in [9.17, 15) is 9.18 Å². The molecule has 1 heterocycles. The van der Waals surface area contributed by atoms with Crippen molar-refractivity contribution in [2.24, 2.45) is 5.10 Å². The number of carbonyl (C=O) groups excluding carboxylic acids is 1. The average molecular weight is 250 g/mol. The second-order valence-corrected chi connectivity index (χ2v) is 4.02. The molecular formula is C12H15FN4O. The quantitative estimate of drug-likeness (QED) is 0.700. The number of carbonyl (C=O) groups is 1. The molecule has 18 heavy (non-hydrogen) atoms. The van der Waals surface area contributed by atoms with E-state index in [-0.39, 0.29) is 11.7 Å². The van der Waals surface area contributed by atoms with E-state index in [1.807, 2.05) is 6.92 Å². The predicted octanol–water partition coefficient (Wildman–Crippen LogP) is 1.68. The molecule has 6 heteroatoms. The summed E-state index contributed by atoms with van der Waals surface area (Å²) in [5, 5.41) is 9.91. The number of nitrogens with zero attached hydrogens (tertiary/aromatic N) is 1. The van der Waals surface area contributed by atoms with Gasteiger partial charge in [-0.15, -0.1) is 0 Å². The van der Waals surface area contributed by atoms with Crippen molar-refractivity contribution in [1.29, 1.82) is 0 Å². The summed E-state index contributed by atoms with van der Waals surface area (Å²) in [5.41, 5.74) is 4.49. The van der Waals surface area contributed by atoms with E-state index in [2.05, 4.69) is 21.2 Å². The zero-order valence-corrected chi connectivity index (χ0v) is 10.3. The zero-order chi connectivity index (χ0) is 13.1. The summed E-state index contributed by atoms with van der Waals surface area (Å²) < 4.78 is 13.6. The van der Waals surface area contributed by atoms with Gasteiger partial charge in [-0.3, -0.25) is 4.79 Å². The van der Waals surface area contributed by atoms with Crippen LogP contribution in [-0.2, 0) is 11.2 Å². The molecule has 96 valence electrons. The summed E-state index contributed by atoms with van der Waals surface area (Å²) in [6.45, 7) is 3.72. The molecule has 0 unspecified atom stereocenters. The van der Waals surface area contributed by atoms with Gasteiger partial charge in [0, 0.05) is 6.92 Å². The first-order valence-electron chi connectivity index (χ1n) is 5.77. The Bertz CT molecular complexity index is 513. The van der Waals surface area contributed by atoms with Gasteiger partial charge >= 0.3 is 0 Å². The van der Waals surface area contributed by atoms with Gasteiger partial charge in [-0.05, 0) is 18.1 Å². The van der Waals surface area contributed by atoms with Crippen LogP contribution in [0.1, 0.15) is 19.4 Å². The van der Waals surface area contributed by atoms with Gasteiger partial charge in [0.25, 0.3) is 0 Å². The van der Waals surface area contributed by atoms with Crippen molar-refractivity contribution in [2.75, 3.05) is 17.2 Å². The molecule has 0 aliphatic carbocycles. The summed E-state index contributed by atoms with van der Waals surface area (Å²) in [6, 6.07) is 3.19. The molecule has 0 atom stereocenters. The standard InChI is InChI=1S/C12H15FN4O/c1-3-8-4-5-9(13)12-11(8)15-10(6-14-12)17-16-7(2)18/h4-5,14H,3,6H2,1-2H3,(H,15,17)(H,16,18). The van der Waals surface area contributed by atoms with E-state index in [0.29, 0.717) is 23.8 Å².